The highest BCUT2D eigenvalue weighted by atomic mass is 35.5. The predicted molar refractivity (Wildman–Crippen MR) is 76.6 cm³/mol. The van der Waals surface area contributed by atoms with E-state index in [-0.39, 0.29) is 22.2 Å². The van der Waals surface area contributed by atoms with Crippen LogP contribution in [0.15, 0.2) is 16.3 Å². The maximum atomic E-state index is 12.0. The summed E-state index contributed by atoms with van der Waals surface area (Å²) in [4.78, 5) is 11.5. The van der Waals surface area contributed by atoms with Gasteiger partial charge in [-0.3, -0.25) is 0 Å². The van der Waals surface area contributed by atoms with E-state index in [9.17, 15) is 13.2 Å². The fraction of sp³-hybridized carbons (Fsp3) is 0.500. The Morgan fingerprint density at radius 2 is 2.11 bits per heavy atom. The Morgan fingerprint density at radius 3 is 2.68 bits per heavy atom. The number of nitrogens with one attached hydrogen (secondary N) is 2. The van der Waals surface area contributed by atoms with Gasteiger partial charge in [0.1, 0.15) is 9.77 Å². The van der Waals surface area contributed by atoms with Crippen molar-refractivity contribution in [2.45, 2.75) is 11.3 Å². The fourth-order valence-electron chi connectivity index (χ4n) is 1.30. The molecule has 1 rings (SSSR count). The molecular formula is C10H17ClN2O4S2. The van der Waals surface area contributed by atoms with Gasteiger partial charge in [0.05, 0.1) is 7.11 Å². The molecule has 0 aliphatic heterocycles. The van der Waals surface area contributed by atoms with Crippen LogP contribution in [0.1, 0.15) is 16.1 Å². The van der Waals surface area contributed by atoms with Gasteiger partial charge in [0.15, 0.2) is 0 Å². The maximum Gasteiger partial charge on any atom is 0.349 e. The predicted octanol–water partition coefficient (Wildman–Crippen LogP) is 0.844. The van der Waals surface area contributed by atoms with Crippen molar-refractivity contribution in [2.24, 2.45) is 0 Å². The zero-order valence-corrected chi connectivity index (χ0v) is 13.1. The van der Waals surface area contributed by atoms with Crippen molar-refractivity contribution in [2.75, 3.05) is 27.2 Å². The van der Waals surface area contributed by atoms with E-state index in [1.165, 1.54) is 13.2 Å². The molecule has 0 aromatic carbocycles. The number of carbonyl (C=O) groups excluding carboxylic acids is 1. The summed E-state index contributed by atoms with van der Waals surface area (Å²) >= 11 is 1.05. The number of halogens is 1. The minimum absolute atomic E-state index is 0. The van der Waals surface area contributed by atoms with Crippen LogP contribution in [-0.4, -0.2) is 41.6 Å². The second-order valence-corrected chi connectivity index (χ2v) is 6.11. The summed E-state index contributed by atoms with van der Waals surface area (Å²) in [5, 5.41) is 4.47. The van der Waals surface area contributed by atoms with Crippen LogP contribution in [0.25, 0.3) is 0 Å². The third-order valence-electron chi connectivity index (χ3n) is 2.19. The highest BCUT2D eigenvalue weighted by Gasteiger charge is 2.23. The third kappa shape index (κ3) is 5.07. The van der Waals surface area contributed by atoms with Gasteiger partial charge in [0.25, 0.3) is 0 Å². The summed E-state index contributed by atoms with van der Waals surface area (Å²) in [6, 6.07) is 1.40. The average Bonchev–Trinajstić information content (AvgIpc) is 2.83. The number of esters is 1. The Morgan fingerprint density at radius 1 is 1.42 bits per heavy atom. The summed E-state index contributed by atoms with van der Waals surface area (Å²) < 4.78 is 30.9. The van der Waals surface area contributed by atoms with Gasteiger partial charge in [-0.15, -0.1) is 23.7 Å². The average molecular weight is 329 g/mol. The molecule has 2 N–H and O–H groups in total. The quantitative estimate of drug-likeness (QED) is 0.572. The molecule has 0 fully saturated rings. The number of hydrogen-bond donors (Lipinski definition) is 2. The molecule has 0 saturated heterocycles. The van der Waals surface area contributed by atoms with E-state index in [4.69, 9.17) is 0 Å². The van der Waals surface area contributed by atoms with E-state index in [0.717, 1.165) is 17.9 Å². The summed E-state index contributed by atoms with van der Waals surface area (Å²) in [6.07, 6.45) is 0.674. The van der Waals surface area contributed by atoms with Crippen LogP contribution in [0.4, 0.5) is 0 Å². The summed E-state index contributed by atoms with van der Waals surface area (Å²) in [6.45, 7) is 1.04. The topological polar surface area (TPSA) is 84.5 Å². The lowest BCUT2D eigenvalue weighted by Crippen LogP contribution is -2.27. The first kappa shape index (κ1) is 18.3. The molecule has 0 aliphatic rings. The van der Waals surface area contributed by atoms with E-state index in [0.29, 0.717) is 13.0 Å². The SMILES string of the molecule is CNCCCNS(=O)(=O)c1ccsc1C(=O)OC.Cl. The van der Waals surface area contributed by atoms with Gasteiger partial charge in [0, 0.05) is 6.54 Å². The van der Waals surface area contributed by atoms with Crippen molar-refractivity contribution >= 4 is 39.7 Å². The number of carbonyl (C=O) groups is 1. The molecule has 0 unspecified atom stereocenters. The van der Waals surface area contributed by atoms with Gasteiger partial charge >= 0.3 is 5.97 Å². The summed E-state index contributed by atoms with van der Waals surface area (Å²) in [5.41, 5.74) is 0. The molecule has 1 aromatic heterocycles. The van der Waals surface area contributed by atoms with Gasteiger partial charge in [-0.25, -0.2) is 17.9 Å². The molecule has 9 heteroatoms. The maximum absolute atomic E-state index is 12.0. The van der Waals surface area contributed by atoms with Crippen molar-refractivity contribution in [3.05, 3.63) is 16.3 Å². The summed E-state index contributed by atoms with van der Waals surface area (Å²) in [5.74, 6) is -0.638. The molecular weight excluding hydrogens is 312 g/mol. The van der Waals surface area contributed by atoms with Crippen molar-refractivity contribution < 1.29 is 17.9 Å². The van der Waals surface area contributed by atoms with E-state index in [1.54, 1.807) is 12.4 Å². The van der Waals surface area contributed by atoms with Crippen molar-refractivity contribution in [3.63, 3.8) is 0 Å². The monoisotopic (exact) mass is 328 g/mol. The molecule has 1 heterocycles. The normalized spacial score (nSPS) is 10.8. The minimum atomic E-state index is -3.65. The number of thiophene rings is 1. The number of methoxy groups -OCH3 is 1. The zero-order valence-electron chi connectivity index (χ0n) is 10.6. The van der Waals surface area contributed by atoms with E-state index < -0.39 is 16.0 Å². The van der Waals surface area contributed by atoms with Gasteiger partial charge in [-0.05, 0) is 31.5 Å². The Kier molecular flexibility index (Phi) is 8.19. The van der Waals surface area contributed by atoms with Gasteiger partial charge < -0.3 is 10.1 Å². The highest BCUT2D eigenvalue weighted by molar-refractivity contribution is 7.89. The largest absolute Gasteiger partial charge is 0.465 e. The molecule has 6 nitrogen and oxygen atoms in total. The standard InChI is InChI=1S/C10H16N2O4S2.ClH/c1-11-5-3-6-12-18(14,15)8-4-7-17-9(8)10(13)16-2;/h4,7,11-12H,3,5-6H2,1-2H3;1H. The zero-order chi connectivity index (χ0) is 13.6. The van der Waals surface area contributed by atoms with Crippen molar-refractivity contribution in [1.29, 1.82) is 0 Å². The van der Waals surface area contributed by atoms with Crippen LogP contribution in [0.3, 0.4) is 0 Å². The lowest BCUT2D eigenvalue weighted by molar-refractivity contribution is 0.0602. The molecule has 19 heavy (non-hydrogen) atoms. The lowest BCUT2D eigenvalue weighted by Gasteiger charge is -2.06. The molecule has 0 radical (unpaired) electrons. The Balaban J connectivity index is 0.00000324. The molecule has 0 bridgehead atoms. The molecule has 0 saturated carbocycles. The second kappa shape index (κ2) is 8.49. The highest BCUT2D eigenvalue weighted by Crippen LogP contribution is 2.22. The lowest BCUT2D eigenvalue weighted by atomic mass is 10.4. The number of hydrogen-bond acceptors (Lipinski definition) is 6. The van der Waals surface area contributed by atoms with Crippen LogP contribution in [0, 0.1) is 0 Å². The molecule has 110 valence electrons. The van der Waals surface area contributed by atoms with Crippen molar-refractivity contribution in [3.8, 4) is 0 Å². The first-order valence-electron chi connectivity index (χ1n) is 5.33. The van der Waals surface area contributed by atoms with Gasteiger partial charge in [0.2, 0.25) is 10.0 Å². The smallest absolute Gasteiger partial charge is 0.349 e. The number of sulfonamides is 1. The molecule has 0 aliphatic carbocycles. The van der Waals surface area contributed by atoms with Crippen LogP contribution >= 0.6 is 23.7 Å². The molecule has 0 amide bonds. The third-order valence-corrected chi connectivity index (χ3v) is 4.71. The molecule has 0 spiro atoms. The van der Waals surface area contributed by atoms with E-state index in [1.807, 2.05) is 0 Å². The minimum Gasteiger partial charge on any atom is -0.465 e. The van der Waals surface area contributed by atoms with E-state index in [2.05, 4.69) is 14.8 Å². The van der Waals surface area contributed by atoms with Crippen LogP contribution in [0.5, 0.6) is 0 Å². The number of rotatable bonds is 7. The first-order chi connectivity index (χ1) is 8.53. The second-order valence-electron chi connectivity index (χ2n) is 3.46. The van der Waals surface area contributed by atoms with Crippen molar-refractivity contribution in [1.82, 2.24) is 10.0 Å². The van der Waals surface area contributed by atoms with Crippen LogP contribution in [0.2, 0.25) is 0 Å². The Bertz CT molecular complexity index is 501. The van der Waals surface area contributed by atoms with Crippen LogP contribution in [-0.2, 0) is 14.8 Å². The Labute approximate surface area is 123 Å². The summed E-state index contributed by atoms with van der Waals surface area (Å²) in [7, 11) is -0.636. The number of ether oxygens (including phenoxy) is 1. The van der Waals surface area contributed by atoms with E-state index >= 15 is 0 Å². The van der Waals surface area contributed by atoms with Gasteiger partial charge in [-0.2, -0.15) is 0 Å². The first-order valence-corrected chi connectivity index (χ1v) is 7.69. The fourth-order valence-corrected chi connectivity index (χ4v) is 3.71. The van der Waals surface area contributed by atoms with Gasteiger partial charge in [-0.1, -0.05) is 0 Å². The molecule has 1 aromatic rings. The molecule has 0 atom stereocenters. The van der Waals surface area contributed by atoms with Crippen LogP contribution < -0.4 is 10.0 Å². The Hall–Kier alpha value is -0.670.